The molecule has 0 bridgehead atoms. The molecule has 1 amide bonds. The number of halogens is 4. The number of nitrogens with one attached hydrogen (secondary N) is 2. The van der Waals surface area contributed by atoms with Crippen molar-refractivity contribution in [2.45, 2.75) is 12.6 Å². The Morgan fingerprint density at radius 1 is 1.27 bits per heavy atom. The Morgan fingerprint density at radius 3 is 2.57 bits per heavy atom. The van der Waals surface area contributed by atoms with Gasteiger partial charge in [0.25, 0.3) is 5.91 Å². The number of carbonyl (C=O) groups excluding carboxylic acids is 2. The molecule has 0 saturated carbocycles. The Balaban J connectivity index is 2.25. The van der Waals surface area contributed by atoms with E-state index in [1.165, 1.54) is 18.2 Å². The third-order valence-electron chi connectivity index (χ3n) is 3.77. The normalized spacial score (nSPS) is 11.7. The number of hydrogen-bond acceptors (Lipinski definition) is 6. The Labute approximate surface area is 168 Å². The molecule has 0 fully saturated rings. The zero-order valence-corrected chi connectivity index (χ0v) is 15.5. The van der Waals surface area contributed by atoms with Crippen LogP contribution in [0.2, 0.25) is 0 Å². The maximum atomic E-state index is 13.6. The Kier molecular flexibility index (Phi) is 6.88. The van der Waals surface area contributed by atoms with E-state index in [1.807, 2.05) is 0 Å². The molecule has 2 rings (SSSR count). The Morgan fingerprint density at radius 2 is 1.97 bits per heavy atom. The average molecular weight is 424 g/mol. The molecular formula is C19H16F4N4O3. The SMILES string of the molecule is COC(=O)C(=N)/C(=C\Nc1cccc(Cc2cc(F)cc(C(F)(F)F)c2)n1)C(N)=O. The fourth-order valence-corrected chi connectivity index (χ4v) is 2.41. The predicted molar refractivity (Wildman–Crippen MR) is 99.1 cm³/mol. The third kappa shape index (κ3) is 5.87. The quantitative estimate of drug-likeness (QED) is 0.273. The number of anilines is 1. The van der Waals surface area contributed by atoms with Crippen LogP contribution in [0.1, 0.15) is 16.8 Å². The first kappa shape index (κ1) is 22.5. The molecule has 1 heterocycles. The van der Waals surface area contributed by atoms with E-state index in [1.54, 1.807) is 0 Å². The lowest BCUT2D eigenvalue weighted by atomic mass is 10.1. The largest absolute Gasteiger partial charge is 0.464 e. The molecule has 0 aliphatic rings. The lowest BCUT2D eigenvalue weighted by molar-refractivity contribution is -0.138. The summed E-state index contributed by atoms with van der Waals surface area (Å²) in [5.74, 6) is -3.01. The summed E-state index contributed by atoms with van der Waals surface area (Å²) in [6.45, 7) is 0. The smallest absolute Gasteiger partial charge is 0.416 e. The van der Waals surface area contributed by atoms with E-state index < -0.39 is 40.7 Å². The second-order valence-electron chi connectivity index (χ2n) is 5.97. The fraction of sp³-hybridized carbons (Fsp3) is 0.158. The van der Waals surface area contributed by atoms with Crippen molar-refractivity contribution in [3.8, 4) is 0 Å². The summed E-state index contributed by atoms with van der Waals surface area (Å²) in [6, 6.07) is 6.71. The summed E-state index contributed by atoms with van der Waals surface area (Å²) in [5.41, 5.74) is 3.17. The number of benzene rings is 1. The molecule has 2 aromatic rings. The van der Waals surface area contributed by atoms with Crippen molar-refractivity contribution in [3.05, 3.63) is 70.8 Å². The van der Waals surface area contributed by atoms with Gasteiger partial charge in [-0.2, -0.15) is 13.2 Å². The molecule has 1 aromatic heterocycles. The number of alkyl halides is 3. The van der Waals surface area contributed by atoms with E-state index in [0.717, 1.165) is 25.4 Å². The Bertz CT molecular complexity index is 1020. The highest BCUT2D eigenvalue weighted by molar-refractivity contribution is 6.48. The van der Waals surface area contributed by atoms with Crippen molar-refractivity contribution in [2.75, 3.05) is 12.4 Å². The number of hydrogen-bond donors (Lipinski definition) is 3. The van der Waals surface area contributed by atoms with Crippen LogP contribution in [-0.4, -0.2) is 29.7 Å². The van der Waals surface area contributed by atoms with E-state index in [0.29, 0.717) is 11.8 Å². The summed E-state index contributed by atoms with van der Waals surface area (Å²) in [5, 5.41) is 10.2. The van der Waals surface area contributed by atoms with E-state index >= 15 is 0 Å². The number of ether oxygens (including phenoxy) is 1. The van der Waals surface area contributed by atoms with Gasteiger partial charge in [0, 0.05) is 18.3 Å². The van der Waals surface area contributed by atoms with Gasteiger partial charge in [-0.05, 0) is 35.9 Å². The van der Waals surface area contributed by atoms with Gasteiger partial charge < -0.3 is 15.8 Å². The first-order chi connectivity index (χ1) is 14.0. The predicted octanol–water partition coefficient (Wildman–Crippen LogP) is 2.80. The number of primary amides is 1. The molecule has 1 aromatic carbocycles. The number of aromatic nitrogens is 1. The minimum atomic E-state index is -4.69. The highest BCUT2D eigenvalue weighted by atomic mass is 19.4. The molecule has 0 aliphatic carbocycles. The van der Waals surface area contributed by atoms with Crippen LogP contribution in [0.3, 0.4) is 0 Å². The zero-order valence-electron chi connectivity index (χ0n) is 15.5. The number of nitrogens with zero attached hydrogens (tertiary/aromatic N) is 1. The van der Waals surface area contributed by atoms with Crippen LogP contribution in [0.25, 0.3) is 0 Å². The summed E-state index contributed by atoms with van der Waals surface area (Å²) in [4.78, 5) is 27.0. The topological polar surface area (TPSA) is 118 Å². The molecular weight excluding hydrogens is 408 g/mol. The van der Waals surface area contributed by atoms with Crippen molar-refractivity contribution >= 4 is 23.4 Å². The number of pyridine rings is 1. The number of rotatable bonds is 7. The van der Waals surface area contributed by atoms with E-state index in [4.69, 9.17) is 11.1 Å². The molecule has 0 saturated heterocycles. The van der Waals surface area contributed by atoms with Gasteiger partial charge in [-0.15, -0.1) is 0 Å². The van der Waals surface area contributed by atoms with Crippen molar-refractivity contribution < 1.29 is 31.9 Å². The van der Waals surface area contributed by atoms with Gasteiger partial charge >= 0.3 is 12.1 Å². The summed E-state index contributed by atoms with van der Waals surface area (Å²) in [6.07, 6.45) is -3.80. The molecule has 0 radical (unpaired) electrons. The van der Waals surface area contributed by atoms with Gasteiger partial charge in [0.1, 0.15) is 11.6 Å². The first-order valence-corrected chi connectivity index (χ1v) is 8.27. The molecule has 11 heteroatoms. The maximum Gasteiger partial charge on any atom is 0.416 e. The van der Waals surface area contributed by atoms with Crippen molar-refractivity contribution in [2.24, 2.45) is 5.73 Å². The molecule has 4 N–H and O–H groups in total. The molecule has 0 unspecified atom stereocenters. The first-order valence-electron chi connectivity index (χ1n) is 8.27. The lowest BCUT2D eigenvalue weighted by Gasteiger charge is -2.10. The summed E-state index contributed by atoms with van der Waals surface area (Å²) >= 11 is 0. The van der Waals surface area contributed by atoms with Crippen LogP contribution in [0.5, 0.6) is 0 Å². The van der Waals surface area contributed by atoms with E-state index in [9.17, 15) is 27.2 Å². The third-order valence-corrected chi connectivity index (χ3v) is 3.77. The van der Waals surface area contributed by atoms with Crippen LogP contribution in [0, 0.1) is 11.2 Å². The summed E-state index contributed by atoms with van der Waals surface area (Å²) < 4.78 is 56.5. The van der Waals surface area contributed by atoms with Gasteiger partial charge in [0.2, 0.25) is 0 Å². The molecule has 0 aliphatic heterocycles. The highest BCUT2D eigenvalue weighted by Gasteiger charge is 2.31. The second kappa shape index (κ2) is 9.16. The van der Waals surface area contributed by atoms with Crippen LogP contribution in [0.15, 0.2) is 48.2 Å². The van der Waals surface area contributed by atoms with Crippen LogP contribution < -0.4 is 11.1 Å². The number of carbonyl (C=O) groups is 2. The van der Waals surface area contributed by atoms with Gasteiger partial charge in [0.05, 0.1) is 18.2 Å². The van der Waals surface area contributed by atoms with Crippen molar-refractivity contribution in [1.29, 1.82) is 5.41 Å². The van der Waals surface area contributed by atoms with Crippen molar-refractivity contribution in [3.63, 3.8) is 0 Å². The average Bonchev–Trinajstić information content (AvgIpc) is 2.66. The van der Waals surface area contributed by atoms with Gasteiger partial charge in [-0.25, -0.2) is 14.2 Å². The number of esters is 1. The van der Waals surface area contributed by atoms with E-state index in [-0.39, 0.29) is 17.8 Å². The highest BCUT2D eigenvalue weighted by Crippen LogP contribution is 2.30. The van der Waals surface area contributed by atoms with Crippen LogP contribution >= 0.6 is 0 Å². The molecule has 158 valence electrons. The standard InChI is InChI=1S/C19H16F4N4O3/c1-30-18(29)16(24)14(17(25)28)9-26-15-4-2-3-13(27-15)7-10-5-11(19(21,22)23)8-12(20)6-10/h2-6,8-9,24H,7H2,1H3,(H2,25,28)(H,26,27)/b14-9+,24-16?. The number of methoxy groups -OCH3 is 1. The van der Waals surface area contributed by atoms with Crippen molar-refractivity contribution in [1.82, 2.24) is 4.98 Å². The van der Waals surface area contributed by atoms with E-state index in [2.05, 4.69) is 15.0 Å². The zero-order chi connectivity index (χ0) is 22.5. The van der Waals surface area contributed by atoms with Gasteiger partial charge in [-0.1, -0.05) is 6.07 Å². The van der Waals surface area contributed by atoms with Gasteiger partial charge in [-0.3, -0.25) is 10.2 Å². The molecule has 30 heavy (non-hydrogen) atoms. The minimum absolute atomic E-state index is 0.0628. The second-order valence-corrected chi connectivity index (χ2v) is 5.97. The fourth-order valence-electron chi connectivity index (χ4n) is 2.41. The number of amides is 1. The Hall–Kier alpha value is -3.76. The van der Waals surface area contributed by atoms with Gasteiger partial charge in [0.15, 0.2) is 5.71 Å². The molecule has 7 nitrogen and oxygen atoms in total. The lowest BCUT2D eigenvalue weighted by Crippen LogP contribution is -2.27. The monoisotopic (exact) mass is 424 g/mol. The molecule has 0 atom stereocenters. The van der Waals surface area contributed by atoms with Crippen LogP contribution in [-0.2, 0) is 26.9 Å². The maximum absolute atomic E-state index is 13.6. The van der Waals surface area contributed by atoms with Crippen LogP contribution in [0.4, 0.5) is 23.4 Å². The molecule has 0 spiro atoms. The summed E-state index contributed by atoms with van der Waals surface area (Å²) in [7, 11) is 1.03. The number of nitrogens with two attached hydrogens (primary N) is 1. The minimum Gasteiger partial charge on any atom is -0.464 e.